The number of aryl methyl sites for hydroxylation is 1. The monoisotopic (exact) mass is 344 g/mol. The largest absolute Gasteiger partial charge is 0.337 e. The Balaban J connectivity index is 1.67. The zero-order valence-corrected chi connectivity index (χ0v) is 15.0. The van der Waals surface area contributed by atoms with Crippen molar-refractivity contribution in [3.05, 3.63) is 34.5 Å². The van der Waals surface area contributed by atoms with E-state index in [1.54, 1.807) is 11.3 Å². The lowest BCUT2D eigenvalue weighted by molar-refractivity contribution is 0.0758. The van der Waals surface area contributed by atoms with Gasteiger partial charge in [0.2, 0.25) is 0 Å². The Morgan fingerprint density at radius 1 is 1.38 bits per heavy atom. The van der Waals surface area contributed by atoms with Crippen LogP contribution in [0.2, 0.25) is 0 Å². The number of rotatable bonds is 3. The summed E-state index contributed by atoms with van der Waals surface area (Å²) in [4.78, 5) is 15.0. The van der Waals surface area contributed by atoms with Crippen LogP contribution in [0, 0.1) is 5.41 Å². The Morgan fingerprint density at radius 3 is 2.92 bits per heavy atom. The van der Waals surface area contributed by atoms with Gasteiger partial charge in [-0.3, -0.25) is 4.79 Å². The third-order valence-electron chi connectivity index (χ3n) is 5.85. The van der Waals surface area contributed by atoms with Crippen molar-refractivity contribution >= 4 is 17.2 Å². The summed E-state index contributed by atoms with van der Waals surface area (Å²) in [7, 11) is 0. The number of nitrogens with zero attached hydrogens (tertiary/aromatic N) is 4. The molecule has 0 N–H and O–H groups in total. The van der Waals surface area contributed by atoms with Crippen molar-refractivity contribution in [2.75, 3.05) is 13.1 Å². The van der Waals surface area contributed by atoms with Crippen LogP contribution in [-0.4, -0.2) is 38.7 Å². The number of amides is 1. The minimum atomic E-state index is 0.172. The molecular weight excluding hydrogens is 320 g/mol. The number of thiophene rings is 1. The molecule has 0 aromatic carbocycles. The molecule has 1 aliphatic heterocycles. The second-order valence-corrected chi connectivity index (χ2v) is 7.93. The number of aromatic nitrogens is 3. The molecule has 2 aromatic heterocycles. The van der Waals surface area contributed by atoms with E-state index in [-0.39, 0.29) is 11.3 Å². The first-order valence-corrected chi connectivity index (χ1v) is 9.87. The number of carbonyl (C=O) groups excluding carboxylic acids is 1. The SMILES string of the molecule is CCn1cnnc1C1CN(C(=O)c2ccsc2)CC12CCCCC2. The van der Waals surface area contributed by atoms with Crippen LogP contribution in [0.5, 0.6) is 0 Å². The van der Waals surface area contributed by atoms with Crippen molar-refractivity contribution in [2.45, 2.75) is 51.5 Å². The fourth-order valence-electron chi connectivity index (χ4n) is 4.59. The molecule has 24 heavy (non-hydrogen) atoms. The predicted octanol–water partition coefficient (Wildman–Crippen LogP) is 3.55. The van der Waals surface area contributed by atoms with Crippen molar-refractivity contribution in [1.82, 2.24) is 19.7 Å². The van der Waals surface area contributed by atoms with Crippen LogP contribution < -0.4 is 0 Å². The molecule has 0 radical (unpaired) electrons. The van der Waals surface area contributed by atoms with E-state index in [0.29, 0.717) is 5.92 Å². The Labute approximate surface area is 146 Å². The second-order valence-electron chi connectivity index (χ2n) is 7.15. The van der Waals surface area contributed by atoms with Crippen LogP contribution in [0.3, 0.4) is 0 Å². The molecule has 1 saturated heterocycles. The summed E-state index contributed by atoms with van der Waals surface area (Å²) in [5.74, 6) is 1.55. The molecule has 1 unspecified atom stereocenters. The lowest BCUT2D eigenvalue weighted by Gasteiger charge is -2.37. The summed E-state index contributed by atoms with van der Waals surface area (Å²) >= 11 is 1.58. The molecule has 2 aliphatic rings. The molecule has 5 nitrogen and oxygen atoms in total. The molecular formula is C18H24N4OS. The zero-order valence-electron chi connectivity index (χ0n) is 14.1. The molecule has 1 aliphatic carbocycles. The smallest absolute Gasteiger partial charge is 0.254 e. The van der Waals surface area contributed by atoms with Crippen molar-refractivity contribution < 1.29 is 4.79 Å². The van der Waals surface area contributed by atoms with Gasteiger partial charge in [-0.25, -0.2) is 0 Å². The standard InChI is InChI=1S/C18H24N4OS/c1-2-21-13-19-20-16(21)15-10-22(17(23)14-6-9-24-11-14)12-18(15)7-4-3-5-8-18/h6,9,11,13,15H,2-5,7-8,10,12H2,1H3. The van der Waals surface area contributed by atoms with E-state index in [4.69, 9.17) is 0 Å². The Bertz CT molecular complexity index is 702. The second kappa shape index (κ2) is 6.31. The number of carbonyl (C=O) groups is 1. The topological polar surface area (TPSA) is 51.0 Å². The first-order valence-electron chi connectivity index (χ1n) is 8.93. The van der Waals surface area contributed by atoms with Crippen molar-refractivity contribution in [1.29, 1.82) is 0 Å². The highest BCUT2D eigenvalue weighted by Gasteiger charge is 2.50. The summed E-state index contributed by atoms with van der Waals surface area (Å²) in [5.41, 5.74) is 1.01. The molecule has 4 rings (SSSR count). The normalized spacial score (nSPS) is 23.0. The van der Waals surface area contributed by atoms with Crippen LogP contribution in [0.25, 0.3) is 0 Å². The van der Waals surface area contributed by atoms with Gasteiger partial charge >= 0.3 is 0 Å². The van der Waals surface area contributed by atoms with Crippen LogP contribution in [0.4, 0.5) is 0 Å². The van der Waals surface area contributed by atoms with Gasteiger partial charge in [0.25, 0.3) is 5.91 Å². The quantitative estimate of drug-likeness (QED) is 0.855. The van der Waals surface area contributed by atoms with E-state index in [2.05, 4.69) is 26.6 Å². The van der Waals surface area contributed by atoms with Crippen LogP contribution in [0.15, 0.2) is 23.2 Å². The first-order chi connectivity index (χ1) is 11.7. The van der Waals surface area contributed by atoms with Crippen LogP contribution >= 0.6 is 11.3 Å². The van der Waals surface area contributed by atoms with Crippen molar-refractivity contribution in [3.8, 4) is 0 Å². The minimum Gasteiger partial charge on any atom is -0.337 e. The molecule has 1 atom stereocenters. The molecule has 1 spiro atoms. The van der Waals surface area contributed by atoms with Gasteiger partial charge in [-0.15, -0.1) is 10.2 Å². The molecule has 0 bridgehead atoms. The third-order valence-corrected chi connectivity index (χ3v) is 6.53. The van der Waals surface area contributed by atoms with Crippen molar-refractivity contribution in [2.24, 2.45) is 5.41 Å². The number of likely N-dealkylation sites (tertiary alicyclic amines) is 1. The average molecular weight is 344 g/mol. The highest BCUT2D eigenvalue weighted by molar-refractivity contribution is 7.08. The summed E-state index contributed by atoms with van der Waals surface area (Å²) in [6.07, 6.45) is 8.06. The number of hydrogen-bond donors (Lipinski definition) is 0. The molecule has 1 amide bonds. The van der Waals surface area contributed by atoms with E-state index in [9.17, 15) is 4.79 Å². The zero-order chi connectivity index (χ0) is 16.6. The van der Waals surface area contributed by atoms with Crippen LogP contribution in [0.1, 0.15) is 61.1 Å². The lowest BCUT2D eigenvalue weighted by atomic mass is 9.67. The van der Waals surface area contributed by atoms with Gasteiger partial charge in [-0.2, -0.15) is 11.3 Å². The molecule has 2 aromatic rings. The lowest BCUT2D eigenvalue weighted by Crippen LogP contribution is -2.34. The highest BCUT2D eigenvalue weighted by Crippen LogP contribution is 2.51. The van der Waals surface area contributed by atoms with Gasteiger partial charge in [-0.1, -0.05) is 19.3 Å². The molecule has 6 heteroatoms. The Hall–Kier alpha value is -1.69. The fourth-order valence-corrected chi connectivity index (χ4v) is 5.22. The van der Waals surface area contributed by atoms with Gasteiger partial charge < -0.3 is 9.47 Å². The minimum absolute atomic E-state index is 0.172. The van der Waals surface area contributed by atoms with E-state index in [1.807, 2.05) is 23.2 Å². The predicted molar refractivity (Wildman–Crippen MR) is 94.2 cm³/mol. The van der Waals surface area contributed by atoms with E-state index in [1.165, 1.54) is 32.1 Å². The van der Waals surface area contributed by atoms with Gasteiger partial charge in [0.05, 0.1) is 5.56 Å². The molecule has 2 fully saturated rings. The summed E-state index contributed by atoms with van der Waals surface area (Å²) in [5, 5.41) is 12.5. The highest BCUT2D eigenvalue weighted by atomic mass is 32.1. The van der Waals surface area contributed by atoms with Gasteiger partial charge in [0.15, 0.2) is 0 Å². The number of hydrogen-bond acceptors (Lipinski definition) is 4. The molecule has 1 saturated carbocycles. The Kier molecular flexibility index (Phi) is 4.16. The maximum Gasteiger partial charge on any atom is 0.254 e. The maximum absolute atomic E-state index is 12.9. The molecule has 128 valence electrons. The first kappa shape index (κ1) is 15.8. The summed E-state index contributed by atoms with van der Waals surface area (Å²) < 4.78 is 2.15. The van der Waals surface area contributed by atoms with E-state index >= 15 is 0 Å². The van der Waals surface area contributed by atoms with E-state index in [0.717, 1.165) is 31.0 Å². The summed E-state index contributed by atoms with van der Waals surface area (Å²) in [6.45, 7) is 4.65. The van der Waals surface area contributed by atoms with Crippen LogP contribution in [-0.2, 0) is 6.54 Å². The van der Waals surface area contributed by atoms with Gasteiger partial charge in [0, 0.05) is 30.9 Å². The molecule has 3 heterocycles. The maximum atomic E-state index is 12.9. The fraction of sp³-hybridized carbons (Fsp3) is 0.611. The van der Waals surface area contributed by atoms with Gasteiger partial charge in [0.1, 0.15) is 12.2 Å². The summed E-state index contributed by atoms with van der Waals surface area (Å²) in [6, 6.07) is 1.93. The average Bonchev–Trinajstić information content (AvgIpc) is 3.34. The van der Waals surface area contributed by atoms with E-state index < -0.39 is 0 Å². The van der Waals surface area contributed by atoms with Crippen molar-refractivity contribution in [3.63, 3.8) is 0 Å². The Morgan fingerprint density at radius 2 is 2.21 bits per heavy atom. The third kappa shape index (κ3) is 2.57. The van der Waals surface area contributed by atoms with Gasteiger partial charge in [-0.05, 0) is 36.6 Å².